The van der Waals surface area contributed by atoms with Crippen LogP contribution in [0, 0.1) is 11.7 Å². The fourth-order valence-electron chi connectivity index (χ4n) is 2.00. The van der Waals surface area contributed by atoms with Crippen molar-refractivity contribution in [3.63, 3.8) is 0 Å². The Hall–Kier alpha value is -1.62. The Bertz CT molecular complexity index is 525. The van der Waals surface area contributed by atoms with Crippen LogP contribution in [0.5, 0.6) is 0 Å². The Morgan fingerprint density at radius 2 is 2.15 bits per heavy atom. The van der Waals surface area contributed by atoms with E-state index in [-0.39, 0.29) is 23.2 Å². The fraction of sp³-hybridized carbons (Fsp3) is 0.429. The lowest BCUT2D eigenvalue weighted by Crippen LogP contribution is -2.39. The highest BCUT2D eigenvalue weighted by Crippen LogP contribution is 2.31. The van der Waals surface area contributed by atoms with Gasteiger partial charge in [-0.3, -0.25) is 9.59 Å². The maximum Gasteiger partial charge on any atom is 0.308 e. The SMILES string of the molecule is CC(CN(C(=O)c1c(F)cccc1Cl)C1CC1)C(=O)O. The maximum atomic E-state index is 13.8. The number of amides is 1. The largest absolute Gasteiger partial charge is 0.481 e. The van der Waals surface area contributed by atoms with Gasteiger partial charge in [-0.05, 0) is 25.0 Å². The lowest BCUT2D eigenvalue weighted by Gasteiger charge is -2.25. The normalized spacial score (nSPS) is 15.8. The molecule has 1 aliphatic rings. The number of hydrogen-bond donors (Lipinski definition) is 1. The second kappa shape index (κ2) is 5.79. The van der Waals surface area contributed by atoms with Gasteiger partial charge < -0.3 is 10.0 Å². The van der Waals surface area contributed by atoms with E-state index in [1.54, 1.807) is 0 Å². The summed E-state index contributed by atoms with van der Waals surface area (Å²) in [6.07, 6.45) is 1.62. The van der Waals surface area contributed by atoms with E-state index in [9.17, 15) is 14.0 Å². The zero-order valence-electron chi connectivity index (χ0n) is 11.0. The average Bonchev–Trinajstić information content (AvgIpc) is 3.19. The molecule has 0 radical (unpaired) electrons. The third kappa shape index (κ3) is 3.10. The summed E-state index contributed by atoms with van der Waals surface area (Å²) in [5, 5.41) is 9.00. The summed E-state index contributed by atoms with van der Waals surface area (Å²) in [6, 6.07) is 4.03. The molecule has 1 amide bonds. The van der Waals surface area contributed by atoms with E-state index >= 15 is 0 Å². The highest BCUT2D eigenvalue weighted by Gasteiger charge is 2.36. The molecule has 0 bridgehead atoms. The first-order chi connectivity index (χ1) is 9.41. The first-order valence-corrected chi connectivity index (χ1v) is 6.77. The minimum Gasteiger partial charge on any atom is -0.481 e. The average molecular weight is 300 g/mol. The summed E-state index contributed by atoms with van der Waals surface area (Å²) in [4.78, 5) is 24.8. The third-order valence-electron chi connectivity index (χ3n) is 3.32. The van der Waals surface area contributed by atoms with Crippen LogP contribution in [0.4, 0.5) is 4.39 Å². The lowest BCUT2D eigenvalue weighted by atomic mass is 10.1. The molecule has 6 heteroatoms. The Morgan fingerprint density at radius 3 is 2.65 bits per heavy atom. The van der Waals surface area contributed by atoms with Gasteiger partial charge in [0.2, 0.25) is 0 Å². The minimum absolute atomic E-state index is 0.0139. The predicted octanol–water partition coefficient (Wildman–Crippen LogP) is 2.80. The van der Waals surface area contributed by atoms with Crippen molar-refractivity contribution < 1.29 is 19.1 Å². The van der Waals surface area contributed by atoms with Gasteiger partial charge in [-0.1, -0.05) is 24.6 Å². The Balaban J connectivity index is 2.25. The number of hydrogen-bond acceptors (Lipinski definition) is 2. The Labute approximate surface area is 121 Å². The van der Waals surface area contributed by atoms with E-state index in [0.29, 0.717) is 0 Å². The summed E-state index contributed by atoms with van der Waals surface area (Å²) in [6.45, 7) is 1.58. The predicted molar refractivity (Wildman–Crippen MR) is 72.3 cm³/mol. The maximum absolute atomic E-state index is 13.8. The van der Waals surface area contributed by atoms with Crippen LogP contribution in [0.1, 0.15) is 30.1 Å². The number of carboxylic acid groups (broad SMARTS) is 1. The number of carbonyl (C=O) groups is 2. The molecule has 2 rings (SSSR count). The van der Waals surface area contributed by atoms with E-state index in [1.165, 1.54) is 30.0 Å². The summed E-state index contributed by atoms with van der Waals surface area (Å²) >= 11 is 5.89. The fourth-order valence-corrected chi connectivity index (χ4v) is 2.25. The van der Waals surface area contributed by atoms with Gasteiger partial charge in [0.1, 0.15) is 5.82 Å². The number of aliphatic carboxylic acids is 1. The quantitative estimate of drug-likeness (QED) is 0.909. The third-order valence-corrected chi connectivity index (χ3v) is 3.63. The van der Waals surface area contributed by atoms with Crippen molar-refractivity contribution in [3.05, 3.63) is 34.6 Å². The van der Waals surface area contributed by atoms with Crippen LogP contribution in [-0.2, 0) is 4.79 Å². The molecular formula is C14H15ClFNO3. The van der Waals surface area contributed by atoms with Gasteiger partial charge in [0, 0.05) is 12.6 Å². The summed E-state index contributed by atoms with van der Waals surface area (Å²) < 4.78 is 13.8. The number of rotatable bonds is 5. The van der Waals surface area contributed by atoms with E-state index in [2.05, 4.69) is 0 Å². The molecule has 20 heavy (non-hydrogen) atoms. The molecule has 1 fully saturated rings. The molecule has 0 aliphatic heterocycles. The highest BCUT2D eigenvalue weighted by atomic mass is 35.5. The number of carbonyl (C=O) groups excluding carboxylic acids is 1. The first-order valence-electron chi connectivity index (χ1n) is 6.39. The molecule has 4 nitrogen and oxygen atoms in total. The molecule has 1 atom stereocenters. The monoisotopic (exact) mass is 299 g/mol. The molecule has 1 aliphatic carbocycles. The van der Waals surface area contributed by atoms with Crippen LogP contribution in [0.15, 0.2) is 18.2 Å². The van der Waals surface area contributed by atoms with Crippen molar-refractivity contribution in [2.75, 3.05) is 6.54 Å². The van der Waals surface area contributed by atoms with Crippen molar-refractivity contribution in [1.82, 2.24) is 4.90 Å². The standard InChI is InChI=1S/C14H15ClFNO3/c1-8(14(19)20)7-17(9-5-6-9)13(18)12-10(15)3-2-4-11(12)16/h2-4,8-9H,5-7H2,1H3,(H,19,20). The van der Waals surface area contributed by atoms with Crippen molar-refractivity contribution >= 4 is 23.5 Å². The molecular weight excluding hydrogens is 285 g/mol. The highest BCUT2D eigenvalue weighted by molar-refractivity contribution is 6.33. The van der Waals surface area contributed by atoms with Crippen molar-refractivity contribution in [2.45, 2.75) is 25.8 Å². The van der Waals surface area contributed by atoms with Gasteiger partial charge in [-0.25, -0.2) is 4.39 Å². The van der Waals surface area contributed by atoms with E-state index in [0.717, 1.165) is 12.8 Å². The Morgan fingerprint density at radius 1 is 1.50 bits per heavy atom. The molecule has 1 aromatic rings. The van der Waals surface area contributed by atoms with Crippen molar-refractivity contribution in [3.8, 4) is 0 Å². The zero-order valence-corrected chi connectivity index (χ0v) is 11.7. The van der Waals surface area contributed by atoms with Crippen molar-refractivity contribution in [1.29, 1.82) is 0 Å². The van der Waals surface area contributed by atoms with Crippen LogP contribution < -0.4 is 0 Å². The number of benzene rings is 1. The molecule has 1 aromatic carbocycles. The van der Waals surface area contributed by atoms with Crippen LogP contribution in [0.2, 0.25) is 5.02 Å². The summed E-state index contributed by atoms with van der Waals surface area (Å²) in [7, 11) is 0. The van der Waals surface area contributed by atoms with Gasteiger partial charge in [-0.15, -0.1) is 0 Å². The topological polar surface area (TPSA) is 57.6 Å². The smallest absolute Gasteiger partial charge is 0.308 e. The second-order valence-electron chi connectivity index (χ2n) is 5.02. The molecule has 1 saturated carbocycles. The number of carboxylic acids is 1. The van der Waals surface area contributed by atoms with E-state index in [1.807, 2.05) is 0 Å². The van der Waals surface area contributed by atoms with Gasteiger partial charge in [0.05, 0.1) is 16.5 Å². The van der Waals surface area contributed by atoms with Gasteiger partial charge in [0.25, 0.3) is 5.91 Å². The summed E-state index contributed by atoms with van der Waals surface area (Å²) in [5.74, 6) is -2.91. The Kier molecular flexibility index (Phi) is 4.28. The van der Waals surface area contributed by atoms with Crippen LogP contribution >= 0.6 is 11.6 Å². The van der Waals surface area contributed by atoms with Gasteiger partial charge in [0.15, 0.2) is 0 Å². The minimum atomic E-state index is -0.983. The van der Waals surface area contributed by atoms with E-state index in [4.69, 9.17) is 16.7 Å². The zero-order chi connectivity index (χ0) is 14.9. The number of halogens is 2. The number of nitrogens with zero attached hydrogens (tertiary/aromatic N) is 1. The van der Waals surface area contributed by atoms with Gasteiger partial charge in [-0.2, -0.15) is 0 Å². The molecule has 1 unspecified atom stereocenters. The van der Waals surface area contributed by atoms with Crippen LogP contribution in [0.3, 0.4) is 0 Å². The first kappa shape index (κ1) is 14.8. The molecule has 0 spiro atoms. The second-order valence-corrected chi connectivity index (χ2v) is 5.43. The molecule has 0 aromatic heterocycles. The summed E-state index contributed by atoms with van der Waals surface area (Å²) in [5.41, 5.74) is -0.182. The van der Waals surface area contributed by atoms with Crippen LogP contribution in [-0.4, -0.2) is 34.5 Å². The van der Waals surface area contributed by atoms with Crippen LogP contribution in [0.25, 0.3) is 0 Å². The molecule has 108 valence electrons. The van der Waals surface area contributed by atoms with E-state index < -0.39 is 23.6 Å². The molecule has 0 heterocycles. The molecule has 1 N–H and O–H groups in total. The van der Waals surface area contributed by atoms with Crippen molar-refractivity contribution in [2.24, 2.45) is 5.92 Å². The lowest BCUT2D eigenvalue weighted by molar-refractivity contribution is -0.141. The van der Waals surface area contributed by atoms with Gasteiger partial charge >= 0.3 is 5.97 Å². The molecule has 0 saturated heterocycles.